The molecule has 72 valence electrons. The number of nitrogens with zero attached hydrogens (tertiary/aromatic N) is 2. The highest BCUT2D eigenvalue weighted by molar-refractivity contribution is 7.98. The van der Waals surface area contributed by atoms with E-state index in [2.05, 4.69) is 4.98 Å². The van der Waals surface area contributed by atoms with E-state index < -0.39 is 0 Å². The molecule has 5 heteroatoms. The van der Waals surface area contributed by atoms with Gasteiger partial charge in [-0.05, 0) is 13.2 Å². The Morgan fingerprint density at radius 3 is 3.15 bits per heavy atom. The van der Waals surface area contributed by atoms with Gasteiger partial charge in [0, 0.05) is 12.4 Å². The predicted molar refractivity (Wildman–Crippen MR) is 50.6 cm³/mol. The van der Waals surface area contributed by atoms with Crippen LogP contribution in [0.3, 0.4) is 0 Å². The molecule has 0 bridgehead atoms. The third-order valence-electron chi connectivity index (χ3n) is 1.46. The van der Waals surface area contributed by atoms with Crippen LogP contribution in [0.5, 0.6) is 0 Å². The molecular weight excluding hydrogens is 188 g/mol. The van der Waals surface area contributed by atoms with Gasteiger partial charge in [-0.3, -0.25) is 4.79 Å². The minimum absolute atomic E-state index is 0.226. The van der Waals surface area contributed by atoms with Crippen LogP contribution >= 0.6 is 11.8 Å². The van der Waals surface area contributed by atoms with Gasteiger partial charge in [-0.15, -0.1) is 0 Å². The van der Waals surface area contributed by atoms with Crippen molar-refractivity contribution in [3.8, 4) is 0 Å². The van der Waals surface area contributed by atoms with Crippen molar-refractivity contribution in [2.45, 2.75) is 18.6 Å². The van der Waals surface area contributed by atoms with E-state index in [4.69, 9.17) is 4.74 Å². The zero-order chi connectivity index (χ0) is 9.68. The summed E-state index contributed by atoms with van der Waals surface area (Å²) in [7, 11) is 0. The van der Waals surface area contributed by atoms with E-state index in [0.29, 0.717) is 6.61 Å². The molecule has 0 atom stereocenters. The molecule has 0 N–H and O–H groups in total. The molecule has 0 saturated heterocycles. The Hall–Kier alpha value is -0.970. The predicted octanol–water partition coefficient (Wildman–Crippen LogP) is 1.17. The summed E-state index contributed by atoms with van der Waals surface area (Å²) in [5.74, 6) is -0.226. The highest BCUT2D eigenvalue weighted by Gasteiger charge is 2.06. The maximum absolute atomic E-state index is 11.1. The summed E-state index contributed by atoms with van der Waals surface area (Å²) < 4.78 is 6.58. The lowest BCUT2D eigenvalue weighted by molar-refractivity contribution is -0.143. The zero-order valence-corrected chi connectivity index (χ0v) is 8.50. The van der Waals surface area contributed by atoms with E-state index in [1.165, 1.54) is 11.8 Å². The second-order valence-electron chi connectivity index (χ2n) is 2.35. The first-order valence-corrected chi connectivity index (χ1v) is 5.21. The van der Waals surface area contributed by atoms with Gasteiger partial charge in [-0.2, -0.15) is 0 Å². The molecule has 1 aromatic heterocycles. The Morgan fingerprint density at radius 1 is 1.77 bits per heavy atom. The van der Waals surface area contributed by atoms with Crippen molar-refractivity contribution in [2.24, 2.45) is 0 Å². The highest BCUT2D eigenvalue weighted by Crippen LogP contribution is 2.11. The molecule has 0 fully saturated rings. The summed E-state index contributed by atoms with van der Waals surface area (Å²) in [6.07, 6.45) is 5.36. The van der Waals surface area contributed by atoms with Crippen LogP contribution in [0, 0.1) is 0 Å². The van der Waals surface area contributed by atoms with Gasteiger partial charge < -0.3 is 9.30 Å². The van der Waals surface area contributed by atoms with Gasteiger partial charge in [0.25, 0.3) is 0 Å². The van der Waals surface area contributed by atoms with E-state index in [1.54, 1.807) is 23.9 Å². The van der Waals surface area contributed by atoms with Crippen LogP contribution in [0.4, 0.5) is 0 Å². The molecule has 0 unspecified atom stereocenters. The van der Waals surface area contributed by atoms with Gasteiger partial charge in [0.05, 0.1) is 6.61 Å². The van der Waals surface area contributed by atoms with Crippen molar-refractivity contribution in [3.63, 3.8) is 0 Å². The standard InChI is InChI=1S/C8H12N2O2S/c1-3-12-7(11)6-10-5-4-9-8(10)13-2/h4-5H,3,6H2,1-2H3. The summed E-state index contributed by atoms with van der Waals surface area (Å²) in [5.41, 5.74) is 0. The Labute approximate surface area is 81.3 Å². The first kappa shape index (κ1) is 10.1. The summed E-state index contributed by atoms with van der Waals surface area (Å²) >= 11 is 1.51. The summed E-state index contributed by atoms with van der Waals surface area (Å²) in [5, 5.41) is 0.827. The first-order chi connectivity index (χ1) is 6.27. The molecule has 0 aromatic carbocycles. The quantitative estimate of drug-likeness (QED) is 0.540. The maximum Gasteiger partial charge on any atom is 0.326 e. The second-order valence-corrected chi connectivity index (χ2v) is 3.12. The number of ether oxygens (including phenoxy) is 1. The molecule has 1 aromatic rings. The van der Waals surface area contributed by atoms with Crippen molar-refractivity contribution in [1.29, 1.82) is 0 Å². The third kappa shape index (κ3) is 2.77. The first-order valence-electron chi connectivity index (χ1n) is 3.98. The number of aromatic nitrogens is 2. The number of carbonyl (C=O) groups excluding carboxylic acids is 1. The van der Waals surface area contributed by atoms with E-state index in [9.17, 15) is 4.79 Å². The lowest BCUT2D eigenvalue weighted by atomic mass is 10.6. The van der Waals surface area contributed by atoms with Crippen LogP contribution in [0.1, 0.15) is 6.92 Å². The molecule has 0 aliphatic carbocycles. The molecule has 0 amide bonds. The van der Waals surface area contributed by atoms with Gasteiger partial charge >= 0.3 is 5.97 Å². The minimum Gasteiger partial charge on any atom is -0.465 e. The molecule has 1 rings (SSSR count). The number of hydrogen-bond donors (Lipinski definition) is 0. The van der Waals surface area contributed by atoms with Crippen molar-refractivity contribution in [2.75, 3.05) is 12.9 Å². The monoisotopic (exact) mass is 200 g/mol. The number of thioether (sulfide) groups is 1. The molecule has 0 radical (unpaired) electrons. The minimum atomic E-state index is -0.226. The van der Waals surface area contributed by atoms with E-state index in [-0.39, 0.29) is 12.5 Å². The van der Waals surface area contributed by atoms with Crippen molar-refractivity contribution < 1.29 is 9.53 Å². The lowest BCUT2D eigenvalue weighted by Crippen LogP contribution is -2.13. The Balaban J connectivity index is 2.57. The molecule has 13 heavy (non-hydrogen) atoms. The van der Waals surface area contributed by atoms with Gasteiger partial charge in [0.1, 0.15) is 6.54 Å². The number of esters is 1. The third-order valence-corrected chi connectivity index (χ3v) is 2.17. The highest BCUT2D eigenvalue weighted by atomic mass is 32.2. The van der Waals surface area contributed by atoms with E-state index in [1.807, 2.05) is 6.26 Å². The fraction of sp³-hybridized carbons (Fsp3) is 0.500. The van der Waals surface area contributed by atoms with Crippen LogP contribution in [0.2, 0.25) is 0 Å². The number of imidazole rings is 1. The number of carbonyl (C=O) groups is 1. The summed E-state index contributed by atoms with van der Waals surface area (Å²) in [6.45, 7) is 2.45. The Morgan fingerprint density at radius 2 is 2.54 bits per heavy atom. The smallest absolute Gasteiger partial charge is 0.326 e. The molecule has 0 aliphatic rings. The SMILES string of the molecule is CCOC(=O)Cn1ccnc1SC. The normalized spacial score (nSPS) is 10.0. The van der Waals surface area contributed by atoms with Gasteiger partial charge in [0.15, 0.2) is 5.16 Å². The van der Waals surface area contributed by atoms with E-state index >= 15 is 0 Å². The molecule has 4 nitrogen and oxygen atoms in total. The average Bonchev–Trinajstić information content (AvgIpc) is 2.52. The molecule has 1 heterocycles. The summed E-state index contributed by atoms with van der Waals surface area (Å²) in [4.78, 5) is 15.2. The van der Waals surface area contributed by atoms with Crippen molar-refractivity contribution >= 4 is 17.7 Å². The Bertz CT molecular complexity index is 285. The van der Waals surface area contributed by atoms with Crippen LogP contribution in [0.15, 0.2) is 17.6 Å². The fourth-order valence-corrected chi connectivity index (χ4v) is 1.48. The maximum atomic E-state index is 11.1. The average molecular weight is 200 g/mol. The van der Waals surface area contributed by atoms with Gasteiger partial charge in [0.2, 0.25) is 0 Å². The van der Waals surface area contributed by atoms with Crippen LogP contribution in [-0.2, 0) is 16.1 Å². The number of rotatable bonds is 4. The van der Waals surface area contributed by atoms with E-state index in [0.717, 1.165) is 5.16 Å². The molecule has 0 spiro atoms. The van der Waals surface area contributed by atoms with Crippen molar-refractivity contribution in [3.05, 3.63) is 12.4 Å². The molecule has 0 aliphatic heterocycles. The van der Waals surface area contributed by atoms with Crippen LogP contribution < -0.4 is 0 Å². The van der Waals surface area contributed by atoms with Crippen LogP contribution in [-0.4, -0.2) is 28.4 Å². The van der Waals surface area contributed by atoms with Crippen molar-refractivity contribution in [1.82, 2.24) is 9.55 Å². The topological polar surface area (TPSA) is 44.1 Å². The second kappa shape index (κ2) is 4.91. The number of hydrogen-bond acceptors (Lipinski definition) is 4. The molecule has 0 saturated carbocycles. The zero-order valence-electron chi connectivity index (χ0n) is 7.69. The largest absolute Gasteiger partial charge is 0.465 e. The van der Waals surface area contributed by atoms with Gasteiger partial charge in [-0.1, -0.05) is 11.8 Å². The summed E-state index contributed by atoms with van der Waals surface area (Å²) in [6, 6.07) is 0. The van der Waals surface area contributed by atoms with Crippen LogP contribution in [0.25, 0.3) is 0 Å². The fourth-order valence-electron chi connectivity index (χ4n) is 0.952. The Kier molecular flexibility index (Phi) is 3.82. The van der Waals surface area contributed by atoms with Gasteiger partial charge in [-0.25, -0.2) is 4.98 Å². The molecular formula is C8H12N2O2S. The lowest BCUT2D eigenvalue weighted by Gasteiger charge is -2.04.